The molecule has 1 heterocycles. The zero-order valence-electron chi connectivity index (χ0n) is 12.4. The van der Waals surface area contributed by atoms with Gasteiger partial charge in [0.15, 0.2) is 0 Å². The van der Waals surface area contributed by atoms with Crippen molar-refractivity contribution in [3.05, 3.63) is 59.4 Å². The maximum absolute atomic E-state index is 5.96. The van der Waals surface area contributed by atoms with Crippen LogP contribution in [0, 0.1) is 6.92 Å². The Bertz CT molecular complexity index is 540. The van der Waals surface area contributed by atoms with Crippen molar-refractivity contribution in [2.24, 2.45) is 0 Å². The van der Waals surface area contributed by atoms with Gasteiger partial charge in [0, 0.05) is 29.9 Å². The first-order valence-electron chi connectivity index (χ1n) is 7.01. The molecule has 1 unspecified atom stereocenters. The van der Waals surface area contributed by atoms with Crippen LogP contribution in [0.5, 0.6) is 5.75 Å². The minimum absolute atomic E-state index is 0.278. The van der Waals surface area contributed by atoms with Crippen LogP contribution in [0.3, 0.4) is 0 Å². The summed E-state index contributed by atoms with van der Waals surface area (Å²) < 4.78 is 5.96. The first-order chi connectivity index (χ1) is 9.70. The van der Waals surface area contributed by atoms with Crippen molar-refractivity contribution in [3.8, 4) is 5.75 Å². The number of nitrogens with one attached hydrogen (secondary N) is 1. The molecular weight excluding hydrogens is 248 g/mol. The minimum atomic E-state index is 0.278. The van der Waals surface area contributed by atoms with Crippen molar-refractivity contribution in [3.63, 3.8) is 0 Å². The lowest BCUT2D eigenvalue weighted by atomic mass is 10.1. The summed E-state index contributed by atoms with van der Waals surface area (Å²) >= 11 is 0. The minimum Gasteiger partial charge on any atom is -0.493 e. The van der Waals surface area contributed by atoms with Gasteiger partial charge in [-0.2, -0.15) is 0 Å². The average molecular weight is 270 g/mol. The molecule has 1 atom stereocenters. The van der Waals surface area contributed by atoms with Gasteiger partial charge in [0.2, 0.25) is 0 Å². The molecule has 2 aromatic rings. The average Bonchev–Trinajstić information content (AvgIpc) is 2.48. The van der Waals surface area contributed by atoms with E-state index in [4.69, 9.17) is 4.74 Å². The second kappa shape index (κ2) is 7.06. The van der Waals surface area contributed by atoms with Crippen LogP contribution < -0.4 is 10.1 Å². The summed E-state index contributed by atoms with van der Waals surface area (Å²) in [7, 11) is 1.96. The van der Waals surface area contributed by atoms with Crippen molar-refractivity contribution < 1.29 is 4.74 Å². The van der Waals surface area contributed by atoms with E-state index in [1.54, 1.807) is 0 Å². The molecule has 0 bridgehead atoms. The fourth-order valence-electron chi connectivity index (χ4n) is 2.09. The monoisotopic (exact) mass is 270 g/mol. The van der Waals surface area contributed by atoms with Crippen LogP contribution in [-0.2, 0) is 6.42 Å². The standard InChI is InChI=1S/C17H22N2O/c1-13-7-8-16(14(2)18-3)17(12-13)20-11-9-15-6-4-5-10-19-15/h4-8,10,12,14,18H,9,11H2,1-3H3. The Morgan fingerprint density at radius 2 is 2.10 bits per heavy atom. The zero-order chi connectivity index (χ0) is 14.4. The van der Waals surface area contributed by atoms with Gasteiger partial charge in [0.05, 0.1) is 6.61 Å². The van der Waals surface area contributed by atoms with Gasteiger partial charge in [-0.3, -0.25) is 4.98 Å². The number of rotatable bonds is 6. The Morgan fingerprint density at radius 1 is 1.25 bits per heavy atom. The summed E-state index contributed by atoms with van der Waals surface area (Å²) in [4.78, 5) is 4.31. The summed E-state index contributed by atoms with van der Waals surface area (Å²) in [6.07, 6.45) is 2.64. The summed E-state index contributed by atoms with van der Waals surface area (Å²) in [5.74, 6) is 0.961. The largest absolute Gasteiger partial charge is 0.493 e. The van der Waals surface area contributed by atoms with Gasteiger partial charge in [-0.1, -0.05) is 18.2 Å². The third kappa shape index (κ3) is 3.81. The summed E-state index contributed by atoms with van der Waals surface area (Å²) in [6, 6.07) is 12.6. The summed E-state index contributed by atoms with van der Waals surface area (Å²) in [5, 5.41) is 3.26. The SMILES string of the molecule is CNC(C)c1ccc(C)cc1OCCc1ccccn1. The molecule has 3 heteroatoms. The molecule has 0 spiro atoms. The topological polar surface area (TPSA) is 34.1 Å². The highest BCUT2D eigenvalue weighted by atomic mass is 16.5. The molecule has 0 aliphatic carbocycles. The Kier molecular flexibility index (Phi) is 5.13. The molecular formula is C17H22N2O. The van der Waals surface area contributed by atoms with Gasteiger partial charge >= 0.3 is 0 Å². The van der Waals surface area contributed by atoms with E-state index in [-0.39, 0.29) is 6.04 Å². The fraction of sp³-hybridized carbons (Fsp3) is 0.353. The molecule has 0 aliphatic heterocycles. The van der Waals surface area contributed by atoms with Gasteiger partial charge in [-0.15, -0.1) is 0 Å². The number of hydrogen-bond donors (Lipinski definition) is 1. The number of benzene rings is 1. The van der Waals surface area contributed by atoms with Gasteiger partial charge in [-0.05, 0) is 44.7 Å². The van der Waals surface area contributed by atoms with Gasteiger partial charge in [0.25, 0.3) is 0 Å². The van der Waals surface area contributed by atoms with Crippen LogP contribution in [0.1, 0.15) is 29.8 Å². The number of aromatic nitrogens is 1. The molecule has 2 rings (SSSR count). The molecule has 0 aliphatic rings. The Hall–Kier alpha value is -1.87. The molecule has 0 radical (unpaired) electrons. The first-order valence-corrected chi connectivity index (χ1v) is 7.01. The molecule has 106 valence electrons. The quantitative estimate of drug-likeness (QED) is 0.874. The van der Waals surface area contributed by atoms with Crippen LogP contribution in [0.25, 0.3) is 0 Å². The summed E-state index contributed by atoms with van der Waals surface area (Å²) in [5.41, 5.74) is 3.47. The molecule has 0 saturated carbocycles. The van der Waals surface area contributed by atoms with Crippen LogP contribution in [-0.4, -0.2) is 18.6 Å². The van der Waals surface area contributed by atoms with Crippen molar-refractivity contribution in [2.75, 3.05) is 13.7 Å². The molecule has 0 amide bonds. The van der Waals surface area contributed by atoms with E-state index in [0.29, 0.717) is 6.61 Å². The predicted octanol–water partition coefficient (Wildman–Crippen LogP) is 3.29. The van der Waals surface area contributed by atoms with Crippen LogP contribution >= 0.6 is 0 Å². The van der Waals surface area contributed by atoms with E-state index in [9.17, 15) is 0 Å². The number of hydrogen-bond acceptors (Lipinski definition) is 3. The normalized spacial score (nSPS) is 12.2. The second-order valence-electron chi connectivity index (χ2n) is 4.97. The maximum atomic E-state index is 5.96. The lowest BCUT2D eigenvalue weighted by molar-refractivity contribution is 0.314. The summed E-state index contributed by atoms with van der Waals surface area (Å²) in [6.45, 7) is 4.86. The molecule has 20 heavy (non-hydrogen) atoms. The highest BCUT2D eigenvalue weighted by Gasteiger charge is 2.10. The lowest BCUT2D eigenvalue weighted by Gasteiger charge is -2.17. The van der Waals surface area contributed by atoms with Crippen molar-refractivity contribution in [1.29, 1.82) is 0 Å². The smallest absolute Gasteiger partial charge is 0.124 e. The molecule has 1 aromatic carbocycles. The highest BCUT2D eigenvalue weighted by Crippen LogP contribution is 2.26. The number of nitrogens with zero attached hydrogens (tertiary/aromatic N) is 1. The Balaban J connectivity index is 2.03. The molecule has 1 aromatic heterocycles. The predicted molar refractivity (Wildman–Crippen MR) is 82.1 cm³/mol. The lowest BCUT2D eigenvalue weighted by Crippen LogP contribution is -2.14. The van der Waals surface area contributed by atoms with Crippen molar-refractivity contribution in [1.82, 2.24) is 10.3 Å². The second-order valence-corrected chi connectivity index (χ2v) is 4.97. The van der Waals surface area contributed by atoms with E-state index in [1.165, 1.54) is 11.1 Å². The fourth-order valence-corrected chi connectivity index (χ4v) is 2.09. The third-order valence-electron chi connectivity index (χ3n) is 3.41. The molecule has 0 fully saturated rings. The van der Waals surface area contributed by atoms with E-state index in [2.05, 4.69) is 42.3 Å². The Morgan fingerprint density at radius 3 is 2.80 bits per heavy atom. The van der Waals surface area contributed by atoms with Gasteiger partial charge in [0.1, 0.15) is 5.75 Å². The number of pyridine rings is 1. The number of aryl methyl sites for hydroxylation is 1. The van der Waals surface area contributed by atoms with Crippen molar-refractivity contribution >= 4 is 0 Å². The number of ether oxygens (including phenoxy) is 1. The van der Waals surface area contributed by atoms with E-state index < -0.39 is 0 Å². The van der Waals surface area contributed by atoms with Crippen molar-refractivity contribution in [2.45, 2.75) is 26.3 Å². The Labute approximate surface area is 121 Å². The van der Waals surface area contributed by atoms with E-state index >= 15 is 0 Å². The van der Waals surface area contributed by atoms with Crippen LogP contribution in [0.2, 0.25) is 0 Å². The molecule has 1 N–H and O–H groups in total. The third-order valence-corrected chi connectivity index (χ3v) is 3.41. The van der Waals surface area contributed by atoms with Gasteiger partial charge < -0.3 is 10.1 Å². The van der Waals surface area contributed by atoms with E-state index in [1.807, 2.05) is 31.4 Å². The first kappa shape index (κ1) is 14.5. The molecule has 0 saturated heterocycles. The zero-order valence-corrected chi connectivity index (χ0v) is 12.4. The maximum Gasteiger partial charge on any atom is 0.124 e. The van der Waals surface area contributed by atoms with E-state index in [0.717, 1.165) is 17.9 Å². The highest BCUT2D eigenvalue weighted by molar-refractivity contribution is 5.39. The molecule has 3 nitrogen and oxygen atoms in total. The van der Waals surface area contributed by atoms with Crippen LogP contribution in [0.15, 0.2) is 42.6 Å². The van der Waals surface area contributed by atoms with Gasteiger partial charge in [-0.25, -0.2) is 0 Å². The van der Waals surface area contributed by atoms with Crippen LogP contribution in [0.4, 0.5) is 0 Å².